The van der Waals surface area contributed by atoms with E-state index < -0.39 is 0 Å². The standard InChI is InChI=1S/C17H8ClN5/c18-9-7-12-17(21-8-9)23-16-11-4-2-6-20-14(11)13-10(15(16)22-12)3-1-5-19-13/h1-8H. The second kappa shape index (κ2) is 4.54. The van der Waals surface area contributed by atoms with Crippen LogP contribution < -0.4 is 0 Å². The third-order valence-electron chi connectivity index (χ3n) is 3.84. The average Bonchev–Trinajstić information content (AvgIpc) is 2.60. The zero-order valence-corrected chi connectivity index (χ0v) is 12.5. The summed E-state index contributed by atoms with van der Waals surface area (Å²) in [4.78, 5) is 22.7. The van der Waals surface area contributed by atoms with Gasteiger partial charge in [0.25, 0.3) is 0 Å². The van der Waals surface area contributed by atoms with E-state index in [2.05, 4.69) is 15.0 Å². The first-order valence-electron chi connectivity index (χ1n) is 7.06. The van der Waals surface area contributed by atoms with Crippen LogP contribution in [0.3, 0.4) is 0 Å². The minimum absolute atomic E-state index is 0.538. The molecule has 5 aromatic rings. The Labute approximate surface area is 135 Å². The van der Waals surface area contributed by atoms with Crippen molar-refractivity contribution in [1.29, 1.82) is 0 Å². The van der Waals surface area contributed by atoms with Crippen LogP contribution in [-0.2, 0) is 0 Å². The Morgan fingerprint density at radius 3 is 2.09 bits per heavy atom. The topological polar surface area (TPSA) is 64.5 Å². The number of aromatic nitrogens is 5. The summed E-state index contributed by atoms with van der Waals surface area (Å²) in [6, 6.07) is 9.51. The summed E-state index contributed by atoms with van der Waals surface area (Å²) in [5.74, 6) is 0. The molecular weight excluding hydrogens is 310 g/mol. The van der Waals surface area contributed by atoms with Gasteiger partial charge in [-0.2, -0.15) is 0 Å². The van der Waals surface area contributed by atoms with Gasteiger partial charge in [0.05, 0.1) is 21.6 Å². The maximum Gasteiger partial charge on any atom is 0.178 e. The Hall–Kier alpha value is -2.92. The van der Waals surface area contributed by atoms with Gasteiger partial charge in [-0.15, -0.1) is 0 Å². The highest BCUT2D eigenvalue weighted by atomic mass is 35.5. The Morgan fingerprint density at radius 1 is 0.739 bits per heavy atom. The lowest BCUT2D eigenvalue weighted by Crippen LogP contribution is -1.94. The van der Waals surface area contributed by atoms with Crippen molar-refractivity contribution in [1.82, 2.24) is 24.9 Å². The lowest BCUT2D eigenvalue weighted by atomic mass is 10.1. The van der Waals surface area contributed by atoms with Gasteiger partial charge in [0, 0.05) is 29.4 Å². The van der Waals surface area contributed by atoms with Gasteiger partial charge in [0.1, 0.15) is 11.0 Å². The minimum atomic E-state index is 0.538. The van der Waals surface area contributed by atoms with E-state index in [1.807, 2.05) is 24.3 Å². The van der Waals surface area contributed by atoms with Crippen LogP contribution in [0.15, 0.2) is 48.9 Å². The molecule has 23 heavy (non-hydrogen) atoms. The molecule has 1 aromatic carbocycles. The van der Waals surface area contributed by atoms with Crippen LogP contribution in [0.25, 0.3) is 44.0 Å². The zero-order valence-electron chi connectivity index (χ0n) is 11.7. The number of hydrogen-bond acceptors (Lipinski definition) is 5. The largest absolute Gasteiger partial charge is 0.254 e. The molecule has 0 bridgehead atoms. The second-order valence-electron chi connectivity index (χ2n) is 5.22. The normalized spacial score (nSPS) is 11.7. The first-order chi connectivity index (χ1) is 11.3. The van der Waals surface area contributed by atoms with Crippen LogP contribution in [0.1, 0.15) is 0 Å². The van der Waals surface area contributed by atoms with Crippen molar-refractivity contribution >= 4 is 55.6 Å². The molecule has 0 aliphatic rings. The number of nitrogens with zero attached hydrogens (tertiary/aromatic N) is 5. The first-order valence-corrected chi connectivity index (χ1v) is 7.43. The highest BCUT2D eigenvalue weighted by molar-refractivity contribution is 6.31. The summed E-state index contributed by atoms with van der Waals surface area (Å²) >= 11 is 6.03. The third-order valence-corrected chi connectivity index (χ3v) is 4.04. The molecule has 4 heterocycles. The molecule has 0 unspecified atom stereocenters. The Bertz CT molecular complexity index is 1240. The summed E-state index contributed by atoms with van der Waals surface area (Å²) < 4.78 is 0. The van der Waals surface area contributed by atoms with Crippen LogP contribution >= 0.6 is 11.6 Å². The smallest absolute Gasteiger partial charge is 0.178 e. The van der Waals surface area contributed by atoms with Gasteiger partial charge < -0.3 is 0 Å². The van der Waals surface area contributed by atoms with E-state index in [-0.39, 0.29) is 0 Å². The van der Waals surface area contributed by atoms with Gasteiger partial charge >= 0.3 is 0 Å². The van der Waals surface area contributed by atoms with Crippen molar-refractivity contribution < 1.29 is 0 Å². The molecule has 6 heteroatoms. The number of hydrogen-bond donors (Lipinski definition) is 0. The van der Waals surface area contributed by atoms with Gasteiger partial charge in [-0.3, -0.25) is 9.97 Å². The highest BCUT2D eigenvalue weighted by Gasteiger charge is 2.13. The van der Waals surface area contributed by atoms with Crippen molar-refractivity contribution in [3.05, 3.63) is 53.9 Å². The molecular formula is C17H8ClN5. The lowest BCUT2D eigenvalue weighted by Gasteiger charge is -2.08. The van der Waals surface area contributed by atoms with Gasteiger partial charge in [0.15, 0.2) is 5.65 Å². The van der Waals surface area contributed by atoms with Gasteiger partial charge in [0.2, 0.25) is 0 Å². The number of rotatable bonds is 0. The molecule has 108 valence electrons. The van der Waals surface area contributed by atoms with Crippen molar-refractivity contribution in [2.45, 2.75) is 0 Å². The Morgan fingerprint density at radius 2 is 1.39 bits per heavy atom. The predicted octanol–water partition coefficient (Wildman–Crippen LogP) is 3.93. The monoisotopic (exact) mass is 317 g/mol. The summed E-state index contributed by atoms with van der Waals surface area (Å²) in [5, 5.41) is 2.37. The Kier molecular flexibility index (Phi) is 2.49. The summed E-state index contributed by atoms with van der Waals surface area (Å²) in [5.41, 5.74) is 4.42. The predicted molar refractivity (Wildman–Crippen MR) is 90.5 cm³/mol. The third kappa shape index (κ3) is 1.77. The molecule has 0 saturated carbocycles. The van der Waals surface area contributed by atoms with E-state index in [0.717, 1.165) is 32.8 Å². The summed E-state index contributed by atoms with van der Waals surface area (Å²) in [6.45, 7) is 0. The number of halogens is 1. The van der Waals surface area contributed by atoms with Crippen molar-refractivity contribution in [3.63, 3.8) is 0 Å². The average molecular weight is 318 g/mol. The van der Waals surface area contributed by atoms with Crippen molar-refractivity contribution in [2.24, 2.45) is 0 Å². The van der Waals surface area contributed by atoms with Crippen LogP contribution in [-0.4, -0.2) is 24.9 Å². The fraction of sp³-hybridized carbons (Fsp3) is 0. The van der Waals surface area contributed by atoms with E-state index in [1.54, 1.807) is 24.7 Å². The maximum absolute atomic E-state index is 6.03. The fourth-order valence-corrected chi connectivity index (χ4v) is 3.02. The van der Waals surface area contributed by atoms with Gasteiger partial charge in [-0.05, 0) is 30.3 Å². The van der Waals surface area contributed by atoms with Crippen molar-refractivity contribution in [2.75, 3.05) is 0 Å². The molecule has 0 saturated heterocycles. The van der Waals surface area contributed by atoms with Crippen LogP contribution in [0.4, 0.5) is 0 Å². The van der Waals surface area contributed by atoms with Gasteiger partial charge in [-0.1, -0.05) is 11.6 Å². The molecule has 0 aliphatic heterocycles. The summed E-state index contributed by atoms with van der Waals surface area (Å²) in [7, 11) is 0. The van der Waals surface area contributed by atoms with E-state index >= 15 is 0 Å². The fourth-order valence-electron chi connectivity index (χ4n) is 2.87. The minimum Gasteiger partial charge on any atom is -0.254 e. The molecule has 0 radical (unpaired) electrons. The van der Waals surface area contributed by atoms with Crippen LogP contribution in [0, 0.1) is 0 Å². The molecule has 0 amide bonds. The first kappa shape index (κ1) is 12.6. The second-order valence-corrected chi connectivity index (χ2v) is 5.65. The molecule has 0 N–H and O–H groups in total. The molecule has 4 aromatic heterocycles. The molecule has 5 rings (SSSR count). The van der Waals surface area contributed by atoms with Gasteiger partial charge in [-0.25, -0.2) is 15.0 Å². The number of benzene rings is 1. The Balaban J connectivity index is 2.14. The molecule has 5 nitrogen and oxygen atoms in total. The van der Waals surface area contributed by atoms with E-state index in [1.165, 1.54) is 0 Å². The quantitative estimate of drug-likeness (QED) is 0.320. The van der Waals surface area contributed by atoms with Crippen LogP contribution in [0.2, 0.25) is 5.02 Å². The molecule has 0 aliphatic carbocycles. The van der Waals surface area contributed by atoms with E-state index in [4.69, 9.17) is 21.6 Å². The van der Waals surface area contributed by atoms with Crippen molar-refractivity contribution in [3.8, 4) is 0 Å². The SMILES string of the molecule is Clc1cnc2nc3c4cccnc4c4ncccc4c3nc2c1. The number of fused-ring (bicyclic) bond motifs is 7. The molecule has 0 fully saturated rings. The maximum atomic E-state index is 6.03. The highest BCUT2D eigenvalue weighted by Crippen LogP contribution is 2.31. The summed E-state index contributed by atoms with van der Waals surface area (Å²) in [6.07, 6.45) is 5.09. The molecule has 0 atom stereocenters. The van der Waals surface area contributed by atoms with E-state index in [9.17, 15) is 0 Å². The number of pyridine rings is 3. The molecule has 0 spiro atoms. The van der Waals surface area contributed by atoms with E-state index in [0.29, 0.717) is 16.2 Å². The van der Waals surface area contributed by atoms with Crippen LogP contribution in [0.5, 0.6) is 0 Å². The zero-order chi connectivity index (χ0) is 15.4. The lowest BCUT2D eigenvalue weighted by molar-refractivity contribution is 1.29.